The molecule has 1 saturated carbocycles. The largest absolute Gasteiger partial charge is 0.487 e. The number of fused-ring (bicyclic) bond motifs is 5. The lowest BCUT2D eigenvalue weighted by molar-refractivity contribution is -0.0139. The van der Waals surface area contributed by atoms with E-state index in [1.807, 2.05) is 12.1 Å². The first-order valence-electron chi connectivity index (χ1n) is 20.9. The highest BCUT2D eigenvalue weighted by atomic mass is 31.2. The van der Waals surface area contributed by atoms with Crippen LogP contribution in [-0.4, -0.2) is 80.8 Å². The smallest absolute Gasteiger partial charge is 0.476 e. The number of aromatic carboxylic acids is 1. The first-order valence-corrected chi connectivity index (χ1v) is 22.4. The van der Waals surface area contributed by atoms with Crippen molar-refractivity contribution in [3.8, 4) is 11.5 Å². The molecule has 2 saturated heterocycles. The Morgan fingerprint density at radius 1 is 0.938 bits per heavy atom. The fourth-order valence-corrected chi connectivity index (χ4v) is 10.1. The van der Waals surface area contributed by atoms with Gasteiger partial charge in [0.05, 0.1) is 61.7 Å². The normalized spacial score (nSPS) is 20.4. The van der Waals surface area contributed by atoms with Gasteiger partial charge in [0.15, 0.2) is 23.1 Å². The zero-order valence-corrected chi connectivity index (χ0v) is 35.4. The quantitative estimate of drug-likeness (QED) is 0.0956. The second-order valence-electron chi connectivity index (χ2n) is 16.4. The number of benzene rings is 4. The van der Waals surface area contributed by atoms with Crippen molar-refractivity contribution in [3.05, 3.63) is 142 Å². The Labute approximate surface area is 369 Å². The number of carboxylic acid groups (broad SMARTS) is 1. The molecule has 1 aliphatic carbocycles. The van der Waals surface area contributed by atoms with E-state index in [4.69, 9.17) is 27.8 Å². The van der Waals surface area contributed by atoms with Gasteiger partial charge in [0.25, 0.3) is 0 Å². The molecule has 0 radical (unpaired) electrons. The Hall–Kier alpha value is -6.66. The average Bonchev–Trinajstić information content (AvgIpc) is 3.70. The number of anilines is 2. The lowest BCUT2D eigenvalue weighted by Crippen LogP contribution is -2.43. The third-order valence-corrected chi connectivity index (χ3v) is 13.3. The van der Waals surface area contributed by atoms with Crippen molar-refractivity contribution < 1.29 is 55.8 Å². The van der Waals surface area contributed by atoms with E-state index >= 15 is 13.3 Å². The maximum Gasteiger partial charge on any atom is 0.476 e. The summed E-state index contributed by atoms with van der Waals surface area (Å²) >= 11 is 0. The van der Waals surface area contributed by atoms with Crippen LogP contribution in [0.2, 0.25) is 0 Å². The van der Waals surface area contributed by atoms with Crippen LogP contribution < -0.4 is 24.7 Å². The van der Waals surface area contributed by atoms with Gasteiger partial charge in [-0.15, -0.1) is 5.10 Å². The molecule has 3 fully saturated rings. The molecular formula is C45H41F2N6O11P. The van der Waals surface area contributed by atoms with Crippen molar-refractivity contribution in [2.24, 2.45) is 0 Å². The SMILES string of the molecule is O=C(O)c1cn(C2CC2)c2c3c(c(F)cc2c1=O)N1C[C@](COc2ccc(N4C[C@H](Cn5ccnn5)OC4=O)cc2F)(OP(=O)(OCc2ccccc2)OCc2ccccc2)C[C@H]1CO3. The number of ether oxygens (including phenoxy) is 3. The molecule has 1 amide bonds. The number of hydrogen-bond donors (Lipinski definition) is 1. The van der Waals surface area contributed by atoms with Gasteiger partial charge in [0.1, 0.15) is 36.2 Å². The van der Waals surface area contributed by atoms with Crippen molar-refractivity contribution >= 4 is 42.2 Å². The highest BCUT2D eigenvalue weighted by Crippen LogP contribution is 2.58. The Morgan fingerprint density at radius 2 is 1.66 bits per heavy atom. The molecule has 17 nitrogen and oxygen atoms in total. The zero-order chi connectivity index (χ0) is 44.9. The molecule has 65 heavy (non-hydrogen) atoms. The van der Waals surface area contributed by atoms with E-state index in [2.05, 4.69) is 10.3 Å². The maximum atomic E-state index is 16.6. The van der Waals surface area contributed by atoms with Crippen LogP contribution in [0.5, 0.6) is 11.5 Å². The lowest BCUT2D eigenvalue weighted by Gasteiger charge is -2.35. The number of carbonyl (C=O) groups is 2. The Morgan fingerprint density at radius 3 is 2.31 bits per heavy atom. The number of phosphoric ester groups is 1. The number of pyridine rings is 1. The first-order chi connectivity index (χ1) is 31.4. The van der Waals surface area contributed by atoms with Crippen LogP contribution in [0.25, 0.3) is 10.9 Å². The standard InChI is InChI=1S/C45H41F2N6O11P/c46-36-17-31(52-21-33(63-44(52)57)20-50-16-15-48-49-50)13-14-38(36)60-27-45(64-65(58,61-23-28-7-3-1-4-8-28)62-24-29-9-5-2-6-10-29)19-32-25-59-42-39-34(18-37(47)40(42)53(32)26-45)41(54)35(43(55)56)22-51(39)30-11-12-30/h1-10,13-18,22,30,32-33H,11-12,19-21,23-27H2,(H,55,56)/t32-,33-,45+/m0/s1. The summed E-state index contributed by atoms with van der Waals surface area (Å²) < 4.78 is 87.6. The summed E-state index contributed by atoms with van der Waals surface area (Å²) in [6, 6.07) is 22.2. The topological polar surface area (TPSA) is 186 Å². The fraction of sp³-hybridized carbons (Fsp3) is 0.311. The van der Waals surface area contributed by atoms with Crippen LogP contribution in [0.4, 0.5) is 25.0 Å². The molecule has 4 aromatic carbocycles. The molecule has 4 aliphatic rings. The van der Waals surface area contributed by atoms with Gasteiger partial charge in [-0.3, -0.25) is 23.3 Å². The van der Waals surface area contributed by atoms with E-state index in [-0.39, 0.29) is 85.7 Å². The molecule has 0 unspecified atom stereocenters. The van der Waals surface area contributed by atoms with Crippen molar-refractivity contribution in [3.63, 3.8) is 0 Å². The number of aromatic nitrogens is 4. The Bertz CT molecular complexity index is 2840. The molecule has 5 heterocycles. The van der Waals surface area contributed by atoms with Gasteiger partial charge in [-0.1, -0.05) is 65.9 Å². The van der Waals surface area contributed by atoms with Crippen molar-refractivity contribution in [1.29, 1.82) is 0 Å². The zero-order valence-electron chi connectivity index (χ0n) is 34.5. The number of carbonyl (C=O) groups excluding carboxylic acids is 1. The molecule has 2 aromatic heterocycles. The highest BCUT2D eigenvalue weighted by molar-refractivity contribution is 7.48. The van der Waals surface area contributed by atoms with Gasteiger partial charge in [0, 0.05) is 30.9 Å². The summed E-state index contributed by atoms with van der Waals surface area (Å²) in [5.74, 6) is -3.30. The summed E-state index contributed by atoms with van der Waals surface area (Å²) in [5.41, 5.74) is -1.19. The van der Waals surface area contributed by atoms with E-state index in [0.717, 1.165) is 25.0 Å². The lowest BCUT2D eigenvalue weighted by atomic mass is 10.0. The molecule has 10 rings (SSSR count). The number of cyclic esters (lactones) is 1. The third kappa shape index (κ3) is 8.55. The van der Waals surface area contributed by atoms with Gasteiger partial charge in [0.2, 0.25) is 5.43 Å². The van der Waals surface area contributed by atoms with Crippen molar-refractivity contribution in [2.45, 2.75) is 62.8 Å². The summed E-state index contributed by atoms with van der Waals surface area (Å²) in [7, 11) is -4.58. The minimum atomic E-state index is -4.58. The van der Waals surface area contributed by atoms with E-state index in [9.17, 15) is 19.5 Å². The van der Waals surface area contributed by atoms with E-state index < -0.39 is 66.9 Å². The molecule has 0 bridgehead atoms. The van der Waals surface area contributed by atoms with Gasteiger partial charge in [-0.05, 0) is 42.2 Å². The summed E-state index contributed by atoms with van der Waals surface area (Å²) in [6.45, 7) is -0.665. The molecular weight excluding hydrogens is 869 g/mol. The van der Waals surface area contributed by atoms with Crippen LogP contribution >= 0.6 is 7.82 Å². The maximum absolute atomic E-state index is 16.6. The second kappa shape index (κ2) is 17.0. The number of carboxylic acids is 1. The van der Waals surface area contributed by atoms with Gasteiger partial charge in [-0.2, -0.15) is 0 Å². The van der Waals surface area contributed by atoms with Crippen molar-refractivity contribution in [1.82, 2.24) is 19.6 Å². The van der Waals surface area contributed by atoms with Crippen LogP contribution in [-0.2, 0) is 42.6 Å². The predicted octanol–water partition coefficient (Wildman–Crippen LogP) is 7.28. The minimum absolute atomic E-state index is 0.00281. The summed E-state index contributed by atoms with van der Waals surface area (Å²) in [4.78, 5) is 41.4. The molecule has 3 atom stereocenters. The molecule has 6 aromatic rings. The number of amides is 1. The van der Waals surface area contributed by atoms with Crippen molar-refractivity contribution in [2.75, 3.05) is 36.1 Å². The third-order valence-electron chi connectivity index (χ3n) is 11.8. The monoisotopic (exact) mass is 910 g/mol. The first kappa shape index (κ1) is 42.3. The number of nitrogens with zero attached hydrogens (tertiary/aromatic N) is 6. The van der Waals surface area contributed by atoms with Crippen LogP contribution in [0, 0.1) is 11.6 Å². The van der Waals surface area contributed by atoms with Crippen LogP contribution in [0.15, 0.2) is 108 Å². The average molecular weight is 911 g/mol. The fourth-order valence-electron chi connectivity index (χ4n) is 8.60. The van der Waals surface area contributed by atoms with Crippen LogP contribution in [0.1, 0.15) is 46.8 Å². The summed E-state index contributed by atoms with van der Waals surface area (Å²) in [5, 5.41) is 17.4. The Kier molecular flexibility index (Phi) is 11.1. The molecule has 3 aliphatic heterocycles. The van der Waals surface area contributed by atoms with Crippen LogP contribution in [0.3, 0.4) is 0 Å². The second-order valence-corrected chi connectivity index (χ2v) is 18.0. The highest BCUT2D eigenvalue weighted by Gasteiger charge is 2.54. The molecule has 1 N–H and O–H groups in total. The van der Waals surface area contributed by atoms with E-state index in [0.29, 0.717) is 11.1 Å². The Balaban J connectivity index is 0.988. The molecule has 336 valence electrons. The number of rotatable bonds is 16. The van der Waals surface area contributed by atoms with E-state index in [1.54, 1.807) is 64.2 Å². The van der Waals surface area contributed by atoms with Gasteiger partial charge >= 0.3 is 19.9 Å². The number of halogens is 2. The molecule has 0 spiro atoms. The number of hydrogen-bond acceptors (Lipinski definition) is 13. The summed E-state index contributed by atoms with van der Waals surface area (Å²) in [6.07, 6.45) is 4.61. The molecule has 20 heteroatoms. The number of phosphoric acid groups is 1. The van der Waals surface area contributed by atoms with Gasteiger partial charge < -0.3 is 28.8 Å². The predicted molar refractivity (Wildman–Crippen MR) is 228 cm³/mol. The van der Waals surface area contributed by atoms with E-state index in [1.165, 1.54) is 34.1 Å². The van der Waals surface area contributed by atoms with Gasteiger partial charge in [-0.25, -0.2) is 27.6 Å². The minimum Gasteiger partial charge on any atom is -0.487 e.